The fourth-order valence-electron chi connectivity index (χ4n) is 2.84. The number of rotatable bonds is 10. The molecule has 0 aliphatic rings. The molecule has 140 valence electrons. The van der Waals surface area contributed by atoms with Crippen molar-refractivity contribution in [3.63, 3.8) is 0 Å². The van der Waals surface area contributed by atoms with E-state index in [-0.39, 0.29) is 5.91 Å². The molecule has 0 saturated heterocycles. The van der Waals surface area contributed by atoms with Crippen molar-refractivity contribution in [2.45, 2.75) is 26.8 Å². The Balaban J connectivity index is 1.75. The lowest BCUT2D eigenvalue weighted by atomic mass is 10.2. The number of methoxy groups -OCH3 is 1. The van der Waals surface area contributed by atoms with Gasteiger partial charge in [-0.25, -0.2) is 0 Å². The first-order valence-corrected chi connectivity index (χ1v) is 9.15. The molecule has 0 aliphatic carbocycles. The molecule has 2 rings (SSSR count). The average Bonchev–Trinajstić information content (AvgIpc) is 2.68. The predicted molar refractivity (Wildman–Crippen MR) is 108 cm³/mol. The summed E-state index contributed by atoms with van der Waals surface area (Å²) in [6.45, 7) is 7.51. The molecule has 0 atom stereocenters. The number of carbonyl (C=O) groups is 1. The van der Waals surface area contributed by atoms with Crippen LogP contribution >= 0.6 is 0 Å². The van der Waals surface area contributed by atoms with E-state index in [4.69, 9.17) is 4.74 Å². The largest absolute Gasteiger partial charge is 0.496 e. The quantitative estimate of drug-likeness (QED) is 0.639. The molecule has 0 heterocycles. The van der Waals surface area contributed by atoms with Crippen LogP contribution < -0.4 is 20.3 Å². The van der Waals surface area contributed by atoms with Crippen molar-refractivity contribution < 1.29 is 9.53 Å². The maximum Gasteiger partial charge on any atom is 0.225 e. The van der Waals surface area contributed by atoms with Crippen molar-refractivity contribution in [1.82, 2.24) is 5.32 Å². The second-order valence-corrected chi connectivity index (χ2v) is 6.01. The minimum Gasteiger partial charge on any atom is -0.496 e. The first-order valence-electron chi connectivity index (χ1n) is 9.15. The number of carbonyl (C=O) groups excluding carboxylic acids is 1. The van der Waals surface area contributed by atoms with Gasteiger partial charge in [0.2, 0.25) is 5.91 Å². The van der Waals surface area contributed by atoms with Gasteiger partial charge in [-0.15, -0.1) is 0 Å². The van der Waals surface area contributed by atoms with Crippen LogP contribution in [0.3, 0.4) is 0 Å². The van der Waals surface area contributed by atoms with E-state index in [0.717, 1.165) is 30.1 Å². The van der Waals surface area contributed by atoms with Crippen LogP contribution in [0.25, 0.3) is 0 Å². The average molecular weight is 355 g/mol. The molecule has 0 radical (unpaired) electrons. The number of nitrogens with zero attached hydrogens (tertiary/aromatic N) is 1. The number of hydrogen-bond acceptors (Lipinski definition) is 4. The zero-order valence-electron chi connectivity index (χ0n) is 15.9. The summed E-state index contributed by atoms with van der Waals surface area (Å²) in [6.07, 6.45) is 0.424. The number of benzene rings is 2. The van der Waals surface area contributed by atoms with E-state index in [1.165, 1.54) is 5.69 Å². The highest BCUT2D eigenvalue weighted by Gasteiger charge is 2.05. The minimum absolute atomic E-state index is 0.00751. The molecule has 2 aromatic rings. The van der Waals surface area contributed by atoms with Crippen LogP contribution in [0.2, 0.25) is 0 Å². The van der Waals surface area contributed by atoms with Crippen LogP contribution in [0.1, 0.15) is 25.8 Å². The molecular weight excluding hydrogens is 326 g/mol. The summed E-state index contributed by atoms with van der Waals surface area (Å²) in [6, 6.07) is 15.9. The van der Waals surface area contributed by atoms with Gasteiger partial charge >= 0.3 is 0 Å². The SMILES string of the molecule is CCN(CC)c1ccc(NC(=O)CCNCc2ccccc2OC)cc1. The first kappa shape index (κ1) is 19.8. The van der Waals surface area contributed by atoms with Crippen LogP contribution in [0.15, 0.2) is 48.5 Å². The second kappa shape index (κ2) is 10.5. The van der Waals surface area contributed by atoms with Crippen molar-refractivity contribution in [1.29, 1.82) is 0 Å². The molecular formula is C21H29N3O2. The standard InChI is InChI=1S/C21H29N3O2/c1-4-24(5-2)19-12-10-18(11-13-19)23-21(25)14-15-22-16-17-8-6-7-9-20(17)26-3/h6-13,22H,4-5,14-16H2,1-3H3,(H,23,25). The van der Waals surface area contributed by atoms with E-state index in [1.807, 2.05) is 48.5 Å². The Morgan fingerprint density at radius 2 is 1.73 bits per heavy atom. The van der Waals surface area contributed by atoms with E-state index in [2.05, 4.69) is 29.4 Å². The van der Waals surface area contributed by atoms with Gasteiger partial charge in [0, 0.05) is 49.5 Å². The smallest absolute Gasteiger partial charge is 0.225 e. The van der Waals surface area contributed by atoms with Gasteiger partial charge in [-0.05, 0) is 44.2 Å². The molecule has 0 saturated carbocycles. The molecule has 5 nitrogen and oxygen atoms in total. The maximum atomic E-state index is 12.1. The summed E-state index contributed by atoms with van der Waals surface area (Å²) in [5, 5.41) is 6.23. The highest BCUT2D eigenvalue weighted by atomic mass is 16.5. The Morgan fingerprint density at radius 3 is 2.38 bits per heavy atom. The van der Waals surface area contributed by atoms with E-state index in [0.29, 0.717) is 19.5 Å². The number of amides is 1. The molecule has 1 amide bonds. The van der Waals surface area contributed by atoms with Gasteiger partial charge in [-0.2, -0.15) is 0 Å². The van der Waals surface area contributed by atoms with E-state index < -0.39 is 0 Å². The normalized spacial score (nSPS) is 10.4. The molecule has 0 fully saturated rings. The van der Waals surface area contributed by atoms with Crippen LogP contribution in [0.4, 0.5) is 11.4 Å². The summed E-state index contributed by atoms with van der Waals surface area (Å²) in [5.74, 6) is 0.867. The summed E-state index contributed by atoms with van der Waals surface area (Å²) in [5.41, 5.74) is 3.09. The zero-order valence-corrected chi connectivity index (χ0v) is 15.9. The Morgan fingerprint density at radius 1 is 1.04 bits per heavy atom. The monoisotopic (exact) mass is 355 g/mol. The van der Waals surface area contributed by atoms with Crippen LogP contribution in [0.5, 0.6) is 5.75 Å². The number of ether oxygens (including phenoxy) is 1. The van der Waals surface area contributed by atoms with Gasteiger partial charge in [0.15, 0.2) is 0 Å². The molecule has 0 aromatic heterocycles. The summed E-state index contributed by atoms with van der Waals surface area (Å²) >= 11 is 0. The van der Waals surface area contributed by atoms with Crippen LogP contribution in [-0.4, -0.2) is 32.7 Å². The summed E-state index contributed by atoms with van der Waals surface area (Å²) in [7, 11) is 1.66. The lowest BCUT2D eigenvalue weighted by Crippen LogP contribution is -2.22. The van der Waals surface area contributed by atoms with Gasteiger partial charge in [0.25, 0.3) is 0 Å². The predicted octanol–water partition coefficient (Wildman–Crippen LogP) is 3.66. The Hall–Kier alpha value is -2.53. The molecule has 2 N–H and O–H groups in total. The third kappa shape index (κ3) is 5.77. The van der Waals surface area contributed by atoms with Crippen LogP contribution in [-0.2, 0) is 11.3 Å². The topological polar surface area (TPSA) is 53.6 Å². The van der Waals surface area contributed by atoms with Crippen molar-refractivity contribution in [3.8, 4) is 5.75 Å². The molecule has 0 aliphatic heterocycles. The summed E-state index contributed by atoms with van der Waals surface area (Å²) in [4.78, 5) is 14.4. The number of para-hydroxylation sites is 1. The van der Waals surface area contributed by atoms with E-state index >= 15 is 0 Å². The fraction of sp³-hybridized carbons (Fsp3) is 0.381. The first-order chi connectivity index (χ1) is 12.7. The van der Waals surface area contributed by atoms with Crippen molar-refractivity contribution in [2.24, 2.45) is 0 Å². The molecule has 0 bridgehead atoms. The lowest BCUT2D eigenvalue weighted by Gasteiger charge is -2.21. The molecule has 2 aromatic carbocycles. The van der Waals surface area contributed by atoms with E-state index in [1.54, 1.807) is 7.11 Å². The Bertz CT molecular complexity index is 682. The fourth-order valence-corrected chi connectivity index (χ4v) is 2.84. The van der Waals surface area contributed by atoms with Crippen molar-refractivity contribution in [2.75, 3.05) is 37.0 Å². The minimum atomic E-state index is 0.00751. The van der Waals surface area contributed by atoms with Gasteiger partial charge < -0.3 is 20.3 Å². The van der Waals surface area contributed by atoms with E-state index in [9.17, 15) is 4.79 Å². The highest BCUT2D eigenvalue weighted by molar-refractivity contribution is 5.91. The van der Waals surface area contributed by atoms with Gasteiger partial charge in [-0.3, -0.25) is 4.79 Å². The highest BCUT2D eigenvalue weighted by Crippen LogP contribution is 2.18. The Labute approximate surface area is 156 Å². The molecule has 0 unspecified atom stereocenters. The van der Waals surface area contributed by atoms with Crippen molar-refractivity contribution >= 4 is 17.3 Å². The third-order valence-electron chi connectivity index (χ3n) is 4.32. The summed E-state index contributed by atoms with van der Waals surface area (Å²) < 4.78 is 5.32. The van der Waals surface area contributed by atoms with Gasteiger partial charge in [0.1, 0.15) is 5.75 Å². The van der Waals surface area contributed by atoms with Crippen molar-refractivity contribution in [3.05, 3.63) is 54.1 Å². The number of hydrogen-bond donors (Lipinski definition) is 2. The third-order valence-corrected chi connectivity index (χ3v) is 4.32. The maximum absolute atomic E-state index is 12.1. The van der Waals surface area contributed by atoms with Gasteiger partial charge in [0.05, 0.1) is 7.11 Å². The molecule has 26 heavy (non-hydrogen) atoms. The number of anilines is 2. The molecule has 5 heteroatoms. The molecule has 0 spiro atoms. The van der Waals surface area contributed by atoms with Gasteiger partial charge in [-0.1, -0.05) is 18.2 Å². The second-order valence-electron chi connectivity index (χ2n) is 6.01. The zero-order chi connectivity index (χ0) is 18.8. The lowest BCUT2D eigenvalue weighted by molar-refractivity contribution is -0.116. The number of nitrogens with one attached hydrogen (secondary N) is 2. The van der Waals surface area contributed by atoms with Crippen LogP contribution in [0, 0.1) is 0 Å². The Kier molecular flexibility index (Phi) is 7.96.